The minimum absolute atomic E-state index is 0.315. The quantitative estimate of drug-likeness (QED) is 0.905. The van der Waals surface area contributed by atoms with Crippen molar-refractivity contribution >= 4 is 26.0 Å². The normalized spacial score (nSPS) is 12.1. The Balaban J connectivity index is 2.83. The predicted molar refractivity (Wildman–Crippen MR) is 68.7 cm³/mol. The number of nitrogens with one attached hydrogen (secondary N) is 1. The highest BCUT2D eigenvalue weighted by molar-refractivity contribution is 9.10. The summed E-state index contributed by atoms with van der Waals surface area (Å²) in [5, 5.41) is 0. The molecule has 1 rings (SSSR count). The van der Waals surface area contributed by atoms with Crippen molar-refractivity contribution in [1.29, 1.82) is 0 Å². The van der Waals surface area contributed by atoms with Gasteiger partial charge in [-0.1, -0.05) is 29.8 Å². The van der Waals surface area contributed by atoms with Crippen LogP contribution in [-0.4, -0.2) is 15.0 Å². The van der Waals surface area contributed by atoms with Gasteiger partial charge in [-0.3, -0.25) is 0 Å². The average Bonchev–Trinajstić information content (AvgIpc) is 2.15. The summed E-state index contributed by atoms with van der Waals surface area (Å²) in [6, 6.07) is 3.88. The summed E-state index contributed by atoms with van der Waals surface area (Å²) in [5.74, 6) is -0.358. The molecule has 0 aliphatic rings. The lowest BCUT2D eigenvalue weighted by Gasteiger charge is -2.09. The first-order valence-corrected chi connectivity index (χ1v) is 7.55. The Labute approximate surface area is 110 Å². The van der Waals surface area contributed by atoms with Crippen molar-refractivity contribution in [2.45, 2.75) is 25.2 Å². The molecular weight excluding hydrogens is 309 g/mol. The molecule has 0 heterocycles. The average molecular weight is 324 g/mol. The molecule has 1 aromatic carbocycles. The number of benzene rings is 1. The molecule has 0 saturated carbocycles. The third-order valence-corrected chi connectivity index (χ3v) is 4.18. The number of hydrogen-bond acceptors (Lipinski definition) is 2. The summed E-state index contributed by atoms with van der Waals surface area (Å²) in [4.78, 5) is -0.315. The van der Waals surface area contributed by atoms with E-state index in [0.29, 0.717) is 16.9 Å². The molecule has 0 atom stereocenters. The van der Waals surface area contributed by atoms with Crippen molar-refractivity contribution in [2.75, 3.05) is 6.54 Å². The maximum Gasteiger partial charge on any atom is 0.243 e. The van der Waals surface area contributed by atoms with Crippen LogP contribution >= 0.6 is 15.9 Å². The van der Waals surface area contributed by atoms with Gasteiger partial charge in [0.25, 0.3) is 0 Å². The Hall–Kier alpha value is -0.460. The topological polar surface area (TPSA) is 46.2 Å². The van der Waals surface area contributed by atoms with E-state index in [1.54, 1.807) is 0 Å². The fraction of sp³-hybridized carbons (Fsp3) is 0.455. The Kier molecular flexibility index (Phi) is 5.09. The lowest BCUT2D eigenvalue weighted by molar-refractivity contribution is 0.540. The van der Waals surface area contributed by atoms with Crippen LogP contribution in [0.15, 0.2) is 27.6 Å². The monoisotopic (exact) mass is 323 g/mol. The van der Waals surface area contributed by atoms with Crippen molar-refractivity contribution in [2.24, 2.45) is 5.92 Å². The molecule has 0 aliphatic carbocycles. The molecule has 1 aromatic rings. The van der Waals surface area contributed by atoms with Crippen LogP contribution in [0.3, 0.4) is 0 Å². The zero-order valence-corrected chi connectivity index (χ0v) is 12.1. The number of rotatable bonds is 5. The summed E-state index contributed by atoms with van der Waals surface area (Å²) in [6.45, 7) is 4.30. The van der Waals surface area contributed by atoms with Crippen LogP contribution in [0.1, 0.15) is 20.3 Å². The molecule has 0 unspecified atom stereocenters. The zero-order valence-electron chi connectivity index (χ0n) is 9.70. The molecule has 0 fully saturated rings. The molecule has 0 saturated heterocycles. The summed E-state index contributed by atoms with van der Waals surface area (Å²) < 4.78 is 39.9. The van der Waals surface area contributed by atoms with Gasteiger partial charge in [0, 0.05) is 11.0 Å². The Morgan fingerprint density at radius 2 is 2.06 bits per heavy atom. The fourth-order valence-electron chi connectivity index (χ4n) is 1.25. The van der Waals surface area contributed by atoms with Crippen LogP contribution in [-0.2, 0) is 10.0 Å². The maximum absolute atomic E-state index is 13.5. The summed E-state index contributed by atoms with van der Waals surface area (Å²) >= 11 is 3.08. The summed E-state index contributed by atoms with van der Waals surface area (Å²) in [5.41, 5.74) is 0. The van der Waals surface area contributed by atoms with Gasteiger partial charge in [0.15, 0.2) is 0 Å². The predicted octanol–water partition coefficient (Wildman–Crippen LogP) is 2.91. The second-order valence-electron chi connectivity index (χ2n) is 4.16. The minimum Gasteiger partial charge on any atom is -0.211 e. The second kappa shape index (κ2) is 5.93. The Morgan fingerprint density at radius 1 is 1.41 bits per heavy atom. The summed E-state index contributed by atoms with van der Waals surface area (Å²) in [6.07, 6.45) is 0.720. The van der Waals surface area contributed by atoms with Crippen LogP contribution in [0.5, 0.6) is 0 Å². The zero-order chi connectivity index (χ0) is 13.1. The molecule has 0 bridgehead atoms. The highest BCUT2D eigenvalue weighted by Crippen LogP contribution is 2.19. The molecule has 1 N–H and O–H groups in total. The van der Waals surface area contributed by atoms with Crippen molar-refractivity contribution in [3.8, 4) is 0 Å². The van der Waals surface area contributed by atoms with Gasteiger partial charge >= 0.3 is 0 Å². The van der Waals surface area contributed by atoms with Gasteiger partial charge in [0.05, 0.1) is 0 Å². The lowest BCUT2D eigenvalue weighted by Crippen LogP contribution is -2.26. The Morgan fingerprint density at radius 3 is 2.59 bits per heavy atom. The smallest absolute Gasteiger partial charge is 0.211 e. The highest BCUT2D eigenvalue weighted by atomic mass is 79.9. The first-order valence-electron chi connectivity index (χ1n) is 5.27. The third kappa shape index (κ3) is 4.37. The van der Waals surface area contributed by atoms with E-state index in [9.17, 15) is 12.8 Å². The van der Waals surface area contributed by atoms with E-state index in [1.807, 2.05) is 13.8 Å². The second-order valence-corrected chi connectivity index (χ2v) is 6.81. The van der Waals surface area contributed by atoms with E-state index in [-0.39, 0.29) is 4.90 Å². The standard InChI is InChI=1S/C11H15BrFNO2S/c1-8(2)5-6-14-17(15,16)11-4-3-9(12)7-10(11)13/h3-4,7-8,14H,5-6H2,1-2H3. The van der Waals surface area contributed by atoms with Gasteiger partial charge in [-0.15, -0.1) is 0 Å². The molecule has 0 amide bonds. The fourth-order valence-corrected chi connectivity index (χ4v) is 2.69. The summed E-state index contributed by atoms with van der Waals surface area (Å²) in [7, 11) is -3.75. The van der Waals surface area contributed by atoms with E-state index < -0.39 is 15.8 Å². The van der Waals surface area contributed by atoms with E-state index in [2.05, 4.69) is 20.7 Å². The molecule has 17 heavy (non-hydrogen) atoms. The SMILES string of the molecule is CC(C)CCNS(=O)(=O)c1ccc(Br)cc1F. The van der Waals surface area contributed by atoms with E-state index in [1.165, 1.54) is 12.1 Å². The van der Waals surface area contributed by atoms with Crippen molar-refractivity contribution in [1.82, 2.24) is 4.72 Å². The molecule has 3 nitrogen and oxygen atoms in total. The molecule has 96 valence electrons. The van der Waals surface area contributed by atoms with Gasteiger partial charge < -0.3 is 0 Å². The van der Waals surface area contributed by atoms with E-state index >= 15 is 0 Å². The van der Waals surface area contributed by atoms with Crippen molar-refractivity contribution in [3.63, 3.8) is 0 Å². The molecule has 0 spiro atoms. The van der Waals surface area contributed by atoms with Gasteiger partial charge in [-0.05, 0) is 30.5 Å². The van der Waals surface area contributed by atoms with Crippen LogP contribution in [0.2, 0.25) is 0 Å². The highest BCUT2D eigenvalue weighted by Gasteiger charge is 2.18. The first kappa shape index (κ1) is 14.6. The lowest BCUT2D eigenvalue weighted by atomic mass is 10.1. The number of halogens is 2. The first-order chi connectivity index (χ1) is 7.83. The van der Waals surface area contributed by atoms with Gasteiger partial charge in [-0.25, -0.2) is 17.5 Å². The van der Waals surface area contributed by atoms with Crippen molar-refractivity contribution < 1.29 is 12.8 Å². The Bertz CT molecular complexity index is 488. The molecule has 6 heteroatoms. The largest absolute Gasteiger partial charge is 0.243 e. The molecule has 0 radical (unpaired) electrons. The number of hydrogen-bond donors (Lipinski definition) is 1. The van der Waals surface area contributed by atoms with Crippen LogP contribution in [0.25, 0.3) is 0 Å². The van der Waals surface area contributed by atoms with Gasteiger partial charge in [0.2, 0.25) is 10.0 Å². The third-order valence-electron chi connectivity index (χ3n) is 2.20. The molecule has 0 aromatic heterocycles. The van der Waals surface area contributed by atoms with Gasteiger partial charge in [0.1, 0.15) is 10.7 Å². The minimum atomic E-state index is -3.75. The van der Waals surface area contributed by atoms with Gasteiger partial charge in [-0.2, -0.15) is 0 Å². The molecule has 0 aliphatic heterocycles. The van der Waals surface area contributed by atoms with Crippen LogP contribution in [0, 0.1) is 11.7 Å². The molecular formula is C11H15BrFNO2S. The van der Waals surface area contributed by atoms with Crippen LogP contribution in [0.4, 0.5) is 4.39 Å². The van der Waals surface area contributed by atoms with Crippen LogP contribution < -0.4 is 4.72 Å². The van der Waals surface area contributed by atoms with Crippen molar-refractivity contribution in [3.05, 3.63) is 28.5 Å². The maximum atomic E-state index is 13.5. The van der Waals surface area contributed by atoms with E-state index in [0.717, 1.165) is 12.5 Å². The van der Waals surface area contributed by atoms with E-state index in [4.69, 9.17) is 0 Å². The number of sulfonamides is 1.